The largest absolute Gasteiger partial charge is 0.382 e. The quantitative estimate of drug-likeness (QED) is 0.658. The van der Waals surface area contributed by atoms with Crippen LogP contribution >= 0.6 is 0 Å². The summed E-state index contributed by atoms with van der Waals surface area (Å²) >= 11 is 0. The molecule has 4 rings (SSSR count). The standard InChI is InChI=1S/C19H26N6.2C2H6/c1-3-4-5-16-22-17-14-12-13(25-10-8-24(2)9-11-25)6-7-15(14)21-19(20)18(17)23-16;2*1-2/h6-7,12H,3-5,8-11H2,1-2H3,(H2,20,21)(H,22,23);2*1-2H3. The van der Waals surface area contributed by atoms with E-state index in [4.69, 9.17) is 10.7 Å². The smallest absolute Gasteiger partial charge is 0.150 e. The maximum atomic E-state index is 6.16. The van der Waals surface area contributed by atoms with Gasteiger partial charge in [0, 0.05) is 43.7 Å². The van der Waals surface area contributed by atoms with Crippen molar-refractivity contribution in [1.82, 2.24) is 19.9 Å². The monoisotopic (exact) mass is 398 g/mol. The summed E-state index contributed by atoms with van der Waals surface area (Å²) in [5, 5.41) is 1.08. The van der Waals surface area contributed by atoms with Gasteiger partial charge in [-0.25, -0.2) is 9.97 Å². The fraction of sp³-hybridized carbons (Fsp3) is 0.565. The first-order valence-corrected chi connectivity index (χ1v) is 11.2. The van der Waals surface area contributed by atoms with E-state index in [-0.39, 0.29) is 0 Å². The van der Waals surface area contributed by atoms with E-state index >= 15 is 0 Å². The first kappa shape index (κ1) is 22.9. The van der Waals surface area contributed by atoms with Gasteiger partial charge in [0.2, 0.25) is 0 Å². The van der Waals surface area contributed by atoms with Crippen LogP contribution < -0.4 is 10.6 Å². The molecule has 0 amide bonds. The van der Waals surface area contributed by atoms with Crippen molar-refractivity contribution in [2.45, 2.75) is 53.9 Å². The molecular weight excluding hydrogens is 360 g/mol. The van der Waals surface area contributed by atoms with E-state index in [0.29, 0.717) is 5.82 Å². The lowest BCUT2D eigenvalue weighted by Crippen LogP contribution is -2.44. The Balaban J connectivity index is 0.000000707. The topological polar surface area (TPSA) is 74.1 Å². The number of hydrogen-bond acceptors (Lipinski definition) is 5. The molecule has 0 saturated carbocycles. The molecule has 3 aromatic rings. The summed E-state index contributed by atoms with van der Waals surface area (Å²) in [6.45, 7) is 14.5. The number of nitrogen functional groups attached to an aromatic ring is 1. The van der Waals surface area contributed by atoms with Gasteiger partial charge in [-0.3, -0.25) is 0 Å². The van der Waals surface area contributed by atoms with E-state index in [1.54, 1.807) is 0 Å². The Morgan fingerprint density at radius 3 is 2.38 bits per heavy atom. The molecule has 0 atom stereocenters. The molecule has 6 nitrogen and oxygen atoms in total. The second-order valence-electron chi connectivity index (χ2n) is 7.00. The van der Waals surface area contributed by atoms with E-state index in [2.05, 4.69) is 51.9 Å². The molecule has 3 heterocycles. The molecule has 0 bridgehead atoms. The van der Waals surface area contributed by atoms with Crippen LogP contribution in [0.2, 0.25) is 0 Å². The Labute approximate surface area is 175 Å². The zero-order valence-electron chi connectivity index (χ0n) is 19.0. The summed E-state index contributed by atoms with van der Waals surface area (Å²) in [5.74, 6) is 1.54. The van der Waals surface area contributed by atoms with Crippen molar-refractivity contribution < 1.29 is 0 Å². The maximum absolute atomic E-state index is 6.16. The molecule has 1 aromatic carbocycles. The third-order valence-electron chi connectivity index (χ3n) is 5.12. The van der Waals surface area contributed by atoms with Crippen LogP contribution in [0.15, 0.2) is 18.2 Å². The molecule has 0 radical (unpaired) electrons. The van der Waals surface area contributed by atoms with Crippen molar-refractivity contribution in [3.05, 3.63) is 24.0 Å². The molecule has 0 aliphatic carbocycles. The number of likely N-dealkylation sites (N-methyl/N-ethyl adjacent to an activating group) is 1. The zero-order valence-corrected chi connectivity index (χ0v) is 19.0. The number of aryl methyl sites for hydroxylation is 1. The maximum Gasteiger partial charge on any atom is 0.150 e. The van der Waals surface area contributed by atoms with Crippen LogP contribution in [0.1, 0.15) is 53.3 Å². The van der Waals surface area contributed by atoms with Gasteiger partial charge in [0.25, 0.3) is 0 Å². The molecule has 1 aliphatic rings. The van der Waals surface area contributed by atoms with Crippen LogP contribution in [0.25, 0.3) is 21.9 Å². The van der Waals surface area contributed by atoms with E-state index in [0.717, 1.165) is 73.2 Å². The van der Waals surface area contributed by atoms with Crippen molar-refractivity contribution >= 4 is 33.4 Å². The van der Waals surface area contributed by atoms with E-state index in [1.165, 1.54) is 5.69 Å². The molecule has 1 aliphatic heterocycles. The van der Waals surface area contributed by atoms with Crippen LogP contribution in [0.4, 0.5) is 11.5 Å². The molecule has 29 heavy (non-hydrogen) atoms. The first-order valence-electron chi connectivity index (χ1n) is 11.2. The predicted octanol–water partition coefficient (Wildman–Crippen LogP) is 4.84. The summed E-state index contributed by atoms with van der Waals surface area (Å²) in [5.41, 5.74) is 10.1. The van der Waals surface area contributed by atoms with Crippen LogP contribution in [0.5, 0.6) is 0 Å². The Kier molecular flexibility index (Phi) is 8.70. The number of aromatic nitrogens is 3. The highest BCUT2D eigenvalue weighted by molar-refractivity contribution is 6.07. The number of pyridine rings is 1. The van der Waals surface area contributed by atoms with Gasteiger partial charge in [-0.2, -0.15) is 0 Å². The van der Waals surface area contributed by atoms with Gasteiger partial charge in [-0.05, 0) is 31.7 Å². The lowest BCUT2D eigenvalue weighted by molar-refractivity contribution is 0.313. The number of fused-ring (bicyclic) bond motifs is 3. The lowest BCUT2D eigenvalue weighted by Gasteiger charge is -2.34. The Morgan fingerprint density at radius 2 is 1.72 bits per heavy atom. The molecule has 2 aromatic heterocycles. The summed E-state index contributed by atoms with van der Waals surface area (Å²) in [6.07, 6.45) is 3.22. The zero-order chi connectivity index (χ0) is 21.4. The molecular formula is C23H38N6. The fourth-order valence-corrected chi connectivity index (χ4v) is 3.52. The van der Waals surface area contributed by atoms with E-state index in [9.17, 15) is 0 Å². The normalized spacial score (nSPS) is 14.3. The van der Waals surface area contributed by atoms with Gasteiger partial charge in [0.15, 0.2) is 0 Å². The highest BCUT2D eigenvalue weighted by Gasteiger charge is 2.17. The minimum absolute atomic E-state index is 0.532. The molecule has 0 unspecified atom stereocenters. The Morgan fingerprint density at radius 1 is 1.03 bits per heavy atom. The number of H-pyrrole nitrogens is 1. The predicted molar refractivity (Wildman–Crippen MR) is 127 cm³/mol. The number of benzene rings is 1. The number of aromatic amines is 1. The number of piperazine rings is 1. The lowest BCUT2D eigenvalue weighted by atomic mass is 10.1. The van der Waals surface area contributed by atoms with Gasteiger partial charge in [-0.15, -0.1) is 0 Å². The van der Waals surface area contributed by atoms with Gasteiger partial charge < -0.3 is 20.5 Å². The number of unbranched alkanes of at least 4 members (excludes halogenated alkanes) is 1. The van der Waals surface area contributed by atoms with Crippen LogP contribution in [0.3, 0.4) is 0 Å². The molecule has 1 saturated heterocycles. The average Bonchev–Trinajstić information content (AvgIpc) is 3.21. The number of nitrogens with one attached hydrogen (secondary N) is 1. The van der Waals surface area contributed by atoms with Gasteiger partial charge in [-0.1, -0.05) is 41.0 Å². The fourth-order valence-electron chi connectivity index (χ4n) is 3.52. The van der Waals surface area contributed by atoms with E-state index in [1.807, 2.05) is 27.7 Å². The van der Waals surface area contributed by atoms with Crippen molar-refractivity contribution in [2.75, 3.05) is 43.9 Å². The SMILES string of the molecule is CC.CC.CCCCc1nc2c([nH]1)c(N)nc1ccc(N3CCN(C)CC3)cc12. The van der Waals surface area contributed by atoms with E-state index < -0.39 is 0 Å². The summed E-state index contributed by atoms with van der Waals surface area (Å²) in [7, 11) is 2.18. The molecule has 3 N–H and O–H groups in total. The van der Waals surface area contributed by atoms with Gasteiger partial charge in [0.1, 0.15) is 22.7 Å². The Bertz CT molecular complexity index is 893. The van der Waals surface area contributed by atoms with Gasteiger partial charge in [0.05, 0.1) is 5.52 Å². The third-order valence-corrected chi connectivity index (χ3v) is 5.12. The number of hydrogen-bond donors (Lipinski definition) is 2. The number of rotatable bonds is 4. The van der Waals surface area contributed by atoms with Crippen molar-refractivity contribution in [3.8, 4) is 0 Å². The highest BCUT2D eigenvalue weighted by Crippen LogP contribution is 2.30. The number of nitrogens with two attached hydrogens (primary N) is 1. The number of nitrogens with zero attached hydrogens (tertiary/aromatic N) is 4. The van der Waals surface area contributed by atoms with Gasteiger partial charge >= 0.3 is 0 Å². The summed E-state index contributed by atoms with van der Waals surface area (Å²) < 4.78 is 0. The molecule has 160 valence electrons. The number of imidazole rings is 1. The third kappa shape index (κ3) is 5.18. The molecule has 1 fully saturated rings. The van der Waals surface area contributed by atoms with Crippen molar-refractivity contribution in [3.63, 3.8) is 0 Å². The van der Waals surface area contributed by atoms with Crippen LogP contribution in [-0.4, -0.2) is 53.1 Å². The van der Waals surface area contributed by atoms with Crippen molar-refractivity contribution in [2.24, 2.45) is 0 Å². The second-order valence-corrected chi connectivity index (χ2v) is 7.00. The first-order chi connectivity index (χ1) is 14.2. The summed E-state index contributed by atoms with van der Waals surface area (Å²) in [4.78, 5) is 17.6. The van der Waals surface area contributed by atoms with Crippen molar-refractivity contribution in [1.29, 1.82) is 0 Å². The average molecular weight is 399 g/mol. The Hall–Kier alpha value is -2.34. The molecule has 6 heteroatoms. The van der Waals surface area contributed by atoms with Crippen LogP contribution in [-0.2, 0) is 6.42 Å². The number of anilines is 2. The minimum Gasteiger partial charge on any atom is -0.382 e. The minimum atomic E-state index is 0.532. The highest BCUT2D eigenvalue weighted by atomic mass is 15.2. The summed E-state index contributed by atoms with van der Waals surface area (Å²) in [6, 6.07) is 6.44. The second kappa shape index (κ2) is 11.0. The molecule has 0 spiro atoms. The van der Waals surface area contributed by atoms with Crippen LogP contribution in [0, 0.1) is 0 Å².